The lowest BCUT2D eigenvalue weighted by atomic mass is 10.1. The fourth-order valence-corrected chi connectivity index (χ4v) is 3.54. The molecule has 0 bridgehead atoms. The minimum Gasteiger partial charge on any atom is -0.331 e. The highest BCUT2D eigenvalue weighted by atomic mass is 32.1. The second kappa shape index (κ2) is 4.54. The predicted molar refractivity (Wildman–Crippen MR) is 82.4 cm³/mol. The molecule has 0 aliphatic heterocycles. The molecule has 1 N–H and O–H groups in total. The van der Waals surface area contributed by atoms with Gasteiger partial charge in [-0.1, -0.05) is 0 Å². The molecule has 0 aliphatic rings. The van der Waals surface area contributed by atoms with Crippen LogP contribution in [0.5, 0.6) is 0 Å². The van der Waals surface area contributed by atoms with Crippen molar-refractivity contribution < 1.29 is 0 Å². The summed E-state index contributed by atoms with van der Waals surface area (Å²) in [7, 11) is 0. The Kier molecular flexibility index (Phi) is 2.96. The van der Waals surface area contributed by atoms with Crippen LogP contribution < -0.4 is 0 Å². The number of hydrogen-bond donors (Lipinski definition) is 1. The van der Waals surface area contributed by atoms with E-state index < -0.39 is 0 Å². The lowest BCUT2D eigenvalue weighted by Gasteiger charge is -2.25. The molecule has 100 valence electrons. The van der Waals surface area contributed by atoms with Gasteiger partial charge in [0, 0.05) is 11.6 Å². The molecule has 0 saturated heterocycles. The third kappa shape index (κ3) is 1.87. The third-order valence-corrected chi connectivity index (χ3v) is 4.70. The van der Waals surface area contributed by atoms with E-state index in [1.165, 1.54) is 0 Å². The Hall–Kier alpha value is -1.97. The van der Waals surface area contributed by atoms with Crippen molar-refractivity contribution in [2.45, 2.75) is 19.4 Å². The van der Waals surface area contributed by atoms with Gasteiger partial charge >= 0.3 is 0 Å². The van der Waals surface area contributed by atoms with Crippen LogP contribution in [-0.2, 0) is 5.54 Å². The highest BCUT2D eigenvalue weighted by Gasteiger charge is 2.28. The number of nitrogens with zero attached hydrogens (tertiary/aromatic N) is 3. The molecular formula is C14H12N4S2. The molecular weight excluding hydrogens is 288 g/mol. The van der Waals surface area contributed by atoms with E-state index in [4.69, 9.17) is 17.5 Å². The lowest BCUT2D eigenvalue weighted by Crippen LogP contribution is -2.27. The van der Waals surface area contributed by atoms with Gasteiger partial charge in [-0.2, -0.15) is 5.26 Å². The fourth-order valence-electron chi connectivity index (χ4n) is 2.35. The lowest BCUT2D eigenvalue weighted by molar-refractivity contribution is 0.441. The first-order valence-electron chi connectivity index (χ1n) is 6.09. The third-order valence-electron chi connectivity index (χ3n) is 3.33. The van der Waals surface area contributed by atoms with Gasteiger partial charge in [-0.25, -0.2) is 4.98 Å². The van der Waals surface area contributed by atoms with Crippen LogP contribution in [-0.4, -0.2) is 14.5 Å². The van der Waals surface area contributed by atoms with Crippen molar-refractivity contribution >= 4 is 34.6 Å². The quantitative estimate of drug-likeness (QED) is 0.732. The molecule has 1 aromatic carbocycles. The zero-order valence-corrected chi connectivity index (χ0v) is 12.7. The van der Waals surface area contributed by atoms with E-state index in [0.717, 1.165) is 16.0 Å². The Morgan fingerprint density at radius 1 is 1.45 bits per heavy atom. The summed E-state index contributed by atoms with van der Waals surface area (Å²) in [4.78, 5) is 7.60. The Bertz CT molecular complexity index is 863. The Labute approximate surface area is 125 Å². The summed E-state index contributed by atoms with van der Waals surface area (Å²) >= 11 is 7.05. The number of imidazole rings is 1. The first-order valence-corrected chi connectivity index (χ1v) is 7.38. The minimum absolute atomic E-state index is 0.364. The van der Waals surface area contributed by atoms with Gasteiger partial charge in [0.2, 0.25) is 0 Å². The Morgan fingerprint density at radius 2 is 2.25 bits per heavy atom. The normalized spacial score (nSPS) is 11.7. The summed E-state index contributed by atoms with van der Waals surface area (Å²) in [5.41, 5.74) is 2.11. The molecule has 4 nitrogen and oxygen atoms in total. The van der Waals surface area contributed by atoms with Gasteiger partial charge in [-0.05, 0) is 44.3 Å². The number of hydrogen-bond acceptors (Lipinski definition) is 4. The van der Waals surface area contributed by atoms with Crippen LogP contribution in [0.4, 0.5) is 0 Å². The zero-order valence-electron chi connectivity index (χ0n) is 11.0. The van der Waals surface area contributed by atoms with Gasteiger partial charge in [0.25, 0.3) is 0 Å². The average Bonchev–Trinajstić information content (AvgIpc) is 3.04. The van der Waals surface area contributed by atoms with Crippen LogP contribution >= 0.6 is 23.6 Å². The molecule has 3 aromatic rings. The van der Waals surface area contributed by atoms with Crippen LogP contribution in [0.15, 0.2) is 29.8 Å². The van der Waals surface area contributed by atoms with Crippen molar-refractivity contribution in [3.8, 4) is 6.07 Å². The van der Waals surface area contributed by atoms with E-state index in [2.05, 4.69) is 29.9 Å². The number of H-pyrrole nitrogens is 1. The van der Waals surface area contributed by atoms with E-state index in [-0.39, 0.29) is 5.54 Å². The average molecular weight is 300 g/mol. The Balaban J connectivity index is 2.34. The largest absolute Gasteiger partial charge is 0.331 e. The number of fused-ring (bicyclic) bond motifs is 1. The minimum atomic E-state index is -0.364. The predicted octanol–water partition coefficient (Wildman–Crippen LogP) is 3.81. The second-order valence-electron chi connectivity index (χ2n) is 5.01. The van der Waals surface area contributed by atoms with Crippen molar-refractivity contribution in [1.82, 2.24) is 14.5 Å². The topological polar surface area (TPSA) is 57.4 Å². The fraction of sp³-hybridized carbons (Fsp3) is 0.214. The van der Waals surface area contributed by atoms with E-state index in [9.17, 15) is 0 Å². The number of benzene rings is 1. The molecule has 0 fully saturated rings. The monoisotopic (exact) mass is 300 g/mol. The maximum atomic E-state index is 9.08. The molecule has 2 heterocycles. The van der Waals surface area contributed by atoms with Gasteiger partial charge in [-0.15, -0.1) is 11.3 Å². The highest BCUT2D eigenvalue weighted by Crippen LogP contribution is 2.31. The summed E-state index contributed by atoms with van der Waals surface area (Å²) in [5, 5.41) is 12.0. The van der Waals surface area contributed by atoms with E-state index in [0.29, 0.717) is 10.3 Å². The summed E-state index contributed by atoms with van der Waals surface area (Å²) < 4.78 is 2.66. The summed E-state index contributed by atoms with van der Waals surface area (Å²) in [6.45, 7) is 4.15. The number of nitrogens with one attached hydrogen (secondary N) is 1. The standard InChI is InChI=1S/C14H12N4S2/c1-14(2,12-16-5-6-20-12)18-11-7-9(8-15)3-4-10(11)17-13(18)19/h3-7H,1-2H3,(H,17,19). The van der Waals surface area contributed by atoms with Crippen LogP contribution in [0.25, 0.3) is 11.0 Å². The molecule has 20 heavy (non-hydrogen) atoms. The summed E-state index contributed by atoms with van der Waals surface area (Å²) in [5.74, 6) is 0. The van der Waals surface area contributed by atoms with Crippen molar-refractivity contribution in [2.24, 2.45) is 0 Å². The second-order valence-corrected chi connectivity index (χ2v) is 6.29. The number of aromatic nitrogens is 3. The molecule has 6 heteroatoms. The summed E-state index contributed by atoms with van der Waals surface area (Å²) in [6, 6.07) is 7.70. The van der Waals surface area contributed by atoms with Gasteiger partial charge in [0.1, 0.15) is 5.01 Å². The molecule has 3 rings (SSSR count). The number of rotatable bonds is 2. The van der Waals surface area contributed by atoms with Crippen LogP contribution in [0.2, 0.25) is 0 Å². The van der Waals surface area contributed by atoms with Gasteiger partial charge in [0.15, 0.2) is 4.77 Å². The van der Waals surface area contributed by atoms with E-state index in [1.54, 1.807) is 23.6 Å². The van der Waals surface area contributed by atoms with Crippen molar-refractivity contribution in [2.75, 3.05) is 0 Å². The first kappa shape index (κ1) is 13.0. The number of aromatic amines is 1. The molecule has 0 spiro atoms. The smallest absolute Gasteiger partial charge is 0.178 e. The molecule has 0 radical (unpaired) electrons. The van der Waals surface area contributed by atoms with Crippen molar-refractivity contribution in [3.63, 3.8) is 0 Å². The molecule has 0 amide bonds. The van der Waals surface area contributed by atoms with Crippen molar-refractivity contribution in [1.29, 1.82) is 5.26 Å². The Morgan fingerprint density at radius 3 is 2.90 bits per heavy atom. The van der Waals surface area contributed by atoms with Gasteiger partial charge in [0.05, 0.1) is 28.2 Å². The molecule has 0 aliphatic carbocycles. The SMILES string of the molecule is CC(C)(c1nccs1)n1c(=S)[nH]c2ccc(C#N)cc21. The summed E-state index contributed by atoms with van der Waals surface area (Å²) in [6.07, 6.45) is 1.79. The maximum Gasteiger partial charge on any atom is 0.178 e. The number of nitriles is 1. The number of thiazole rings is 1. The van der Waals surface area contributed by atoms with Crippen LogP contribution in [0, 0.1) is 16.1 Å². The zero-order chi connectivity index (χ0) is 14.3. The van der Waals surface area contributed by atoms with Crippen molar-refractivity contribution in [3.05, 3.63) is 45.1 Å². The highest BCUT2D eigenvalue weighted by molar-refractivity contribution is 7.71. The molecule has 0 saturated carbocycles. The van der Waals surface area contributed by atoms with Gasteiger partial charge in [-0.3, -0.25) is 0 Å². The van der Waals surface area contributed by atoms with E-state index in [1.807, 2.05) is 22.1 Å². The van der Waals surface area contributed by atoms with Gasteiger partial charge < -0.3 is 9.55 Å². The van der Waals surface area contributed by atoms with Crippen LogP contribution in [0.3, 0.4) is 0 Å². The van der Waals surface area contributed by atoms with E-state index >= 15 is 0 Å². The molecule has 0 unspecified atom stereocenters. The first-order chi connectivity index (χ1) is 9.54. The molecule has 0 atom stereocenters. The van der Waals surface area contributed by atoms with Crippen LogP contribution in [0.1, 0.15) is 24.4 Å². The molecule has 2 aromatic heterocycles. The maximum absolute atomic E-state index is 9.08.